The number of thiophene rings is 2. The third-order valence-electron chi connectivity index (χ3n) is 8.33. The fraction of sp³-hybridized carbons (Fsp3) is 0.0526. The lowest BCUT2D eigenvalue weighted by Gasteiger charge is -2.31. The Hall–Kier alpha value is -4.64. The van der Waals surface area contributed by atoms with E-state index in [1.54, 1.807) is 0 Å². The highest BCUT2D eigenvalue weighted by atomic mass is 32.1. The molecule has 0 bridgehead atoms. The molecule has 2 atom stereocenters. The number of hydrogen-bond donors (Lipinski definition) is 2. The maximum absolute atomic E-state index is 6.81. The van der Waals surface area contributed by atoms with Crippen LogP contribution in [-0.4, -0.2) is 0 Å². The van der Waals surface area contributed by atoms with Gasteiger partial charge in [0.2, 0.25) is 0 Å². The van der Waals surface area contributed by atoms with Crippen LogP contribution in [-0.2, 0) is 0 Å². The molecule has 0 aliphatic carbocycles. The van der Waals surface area contributed by atoms with Gasteiger partial charge in [-0.1, -0.05) is 110 Å². The van der Waals surface area contributed by atoms with Gasteiger partial charge in [-0.2, -0.15) is 0 Å². The Labute approximate surface area is 252 Å². The molecule has 2 unspecified atom stereocenters. The number of allylic oxidation sites excluding steroid dienone is 3. The van der Waals surface area contributed by atoms with Crippen molar-refractivity contribution in [1.29, 1.82) is 0 Å². The summed E-state index contributed by atoms with van der Waals surface area (Å²) in [5.74, 6) is -0.00353. The second-order valence-electron chi connectivity index (χ2n) is 10.7. The maximum Gasteiger partial charge on any atom is 0.0695 e. The number of benzene rings is 5. The molecule has 1 aliphatic heterocycles. The lowest BCUT2D eigenvalue weighted by atomic mass is 9.81. The van der Waals surface area contributed by atoms with Crippen LogP contribution in [0.4, 0.5) is 5.69 Å². The van der Waals surface area contributed by atoms with Gasteiger partial charge in [-0.15, -0.1) is 22.7 Å². The van der Waals surface area contributed by atoms with Gasteiger partial charge in [-0.05, 0) is 41.0 Å². The first-order valence-corrected chi connectivity index (χ1v) is 15.8. The molecule has 4 heteroatoms. The van der Waals surface area contributed by atoms with Crippen LogP contribution in [0.1, 0.15) is 23.1 Å². The van der Waals surface area contributed by atoms with Crippen molar-refractivity contribution in [3.8, 4) is 11.1 Å². The van der Waals surface area contributed by atoms with E-state index >= 15 is 0 Å². The number of fused-ring (bicyclic) bond motifs is 7. The van der Waals surface area contributed by atoms with E-state index in [0.717, 1.165) is 16.9 Å². The van der Waals surface area contributed by atoms with E-state index in [1.807, 2.05) is 40.9 Å². The SMILES string of the molecule is C=C/C=C1/NC(c2ccccc2)C=CC1c1c(-c2ccccc2N)c2c3ccccc3sc2c2c1sc1ccccc12. The van der Waals surface area contributed by atoms with Crippen molar-refractivity contribution in [2.24, 2.45) is 0 Å². The molecule has 202 valence electrons. The highest BCUT2D eigenvalue weighted by Crippen LogP contribution is 2.54. The Bertz CT molecular complexity index is 2220. The van der Waals surface area contributed by atoms with Crippen LogP contribution in [0.25, 0.3) is 51.5 Å². The third kappa shape index (κ3) is 3.83. The third-order valence-corrected chi connectivity index (χ3v) is 10.7. The lowest BCUT2D eigenvalue weighted by molar-refractivity contribution is 0.646. The van der Waals surface area contributed by atoms with Gasteiger partial charge in [0.1, 0.15) is 0 Å². The van der Waals surface area contributed by atoms with Crippen molar-refractivity contribution in [2.75, 3.05) is 5.73 Å². The molecule has 1 aliphatic rings. The molecule has 2 nitrogen and oxygen atoms in total. The summed E-state index contributed by atoms with van der Waals surface area (Å²) < 4.78 is 5.24. The minimum Gasteiger partial charge on any atom is -0.398 e. The predicted octanol–water partition coefficient (Wildman–Crippen LogP) is 10.7. The Morgan fingerprint density at radius 3 is 2.07 bits per heavy atom. The molecule has 7 aromatic rings. The van der Waals surface area contributed by atoms with Gasteiger partial charge in [0, 0.05) is 63.2 Å². The molecule has 42 heavy (non-hydrogen) atoms. The van der Waals surface area contributed by atoms with Crippen molar-refractivity contribution in [2.45, 2.75) is 12.0 Å². The molecule has 3 N–H and O–H groups in total. The quantitative estimate of drug-likeness (QED) is 0.162. The topological polar surface area (TPSA) is 38.0 Å². The summed E-state index contributed by atoms with van der Waals surface area (Å²) in [5.41, 5.74) is 13.6. The highest BCUT2D eigenvalue weighted by Gasteiger charge is 2.31. The molecule has 2 aromatic heterocycles. The van der Waals surface area contributed by atoms with Gasteiger partial charge in [0.25, 0.3) is 0 Å². The molecule has 0 spiro atoms. The van der Waals surface area contributed by atoms with Gasteiger partial charge in [0.05, 0.1) is 6.04 Å². The average molecular weight is 577 g/mol. The van der Waals surface area contributed by atoms with Gasteiger partial charge in [0.15, 0.2) is 0 Å². The van der Waals surface area contributed by atoms with E-state index in [2.05, 4.69) is 121 Å². The molecule has 0 saturated carbocycles. The largest absolute Gasteiger partial charge is 0.398 e. The summed E-state index contributed by atoms with van der Waals surface area (Å²) in [6.07, 6.45) is 8.73. The fourth-order valence-electron chi connectivity index (χ4n) is 6.51. The molecular weight excluding hydrogens is 549 g/mol. The first-order valence-electron chi connectivity index (χ1n) is 14.2. The van der Waals surface area contributed by atoms with Gasteiger partial charge < -0.3 is 11.1 Å². The average Bonchev–Trinajstić information content (AvgIpc) is 3.60. The van der Waals surface area contributed by atoms with E-state index in [-0.39, 0.29) is 12.0 Å². The van der Waals surface area contributed by atoms with Crippen LogP contribution in [0.15, 0.2) is 140 Å². The van der Waals surface area contributed by atoms with E-state index in [4.69, 9.17) is 5.73 Å². The maximum atomic E-state index is 6.81. The highest BCUT2D eigenvalue weighted by molar-refractivity contribution is 7.30. The van der Waals surface area contributed by atoms with E-state index < -0.39 is 0 Å². The fourth-order valence-corrected chi connectivity index (χ4v) is 9.15. The van der Waals surface area contributed by atoms with E-state index in [9.17, 15) is 0 Å². The van der Waals surface area contributed by atoms with Crippen molar-refractivity contribution in [3.63, 3.8) is 0 Å². The summed E-state index contributed by atoms with van der Waals surface area (Å²) in [7, 11) is 0. The first kappa shape index (κ1) is 25.1. The standard InChI is InChI=1S/C38H28N2S2/c1-2-12-30-25(21-22-29(40-30)23-13-4-3-5-14-23)34-33(24-15-6-9-18-28(24)39)35-26-16-7-10-19-31(26)41-38(35)36-27-17-8-11-20-32(27)42-37(34)36/h2-22,25,29,40H,1,39H2/b30-12+. The zero-order valence-corrected chi connectivity index (χ0v) is 24.5. The summed E-state index contributed by atoms with van der Waals surface area (Å²) in [6.45, 7) is 4.10. The van der Waals surface area contributed by atoms with Gasteiger partial charge >= 0.3 is 0 Å². The van der Waals surface area contributed by atoms with Crippen molar-refractivity contribution in [3.05, 3.63) is 151 Å². The number of nitrogens with one attached hydrogen (secondary N) is 1. The summed E-state index contributed by atoms with van der Waals surface area (Å²) >= 11 is 3.78. The second kappa shape index (κ2) is 10.0. The van der Waals surface area contributed by atoms with Crippen LogP contribution < -0.4 is 11.1 Å². The number of anilines is 1. The summed E-state index contributed by atoms with van der Waals surface area (Å²) in [4.78, 5) is 0. The minimum absolute atomic E-state index is 0.00353. The molecule has 5 aromatic carbocycles. The first-order chi connectivity index (χ1) is 20.7. The summed E-state index contributed by atoms with van der Waals surface area (Å²) in [5, 5.41) is 9.09. The summed E-state index contributed by atoms with van der Waals surface area (Å²) in [6, 6.07) is 36.7. The lowest BCUT2D eigenvalue weighted by Crippen LogP contribution is -2.27. The van der Waals surface area contributed by atoms with Crippen LogP contribution in [0.2, 0.25) is 0 Å². The van der Waals surface area contributed by atoms with E-state index in [1.165, 1.54) is 57.0 Å². The Morgan fingerprint density at radius 2 is 1.33 bits per heavy atom. The normalized spacial score (nSPS) is 17.9. The van der Waals surface area contributed by atoms with Crippen LogP contribution in [0.3, 0.4) is 0 Å². The Kier molecular flexibility index (Phi) is 5.99. The number of nitrogens with two attached hydrogens (primary N) is 1. The van der Waals surface area contributed by atoms with E-state index in [0.29, 0.717) is 0 Å². The number of para-hydroxylation sites is 1. The van der Waals surface area contributed by atoms with Crippen LogP contribution >= 0.6 is 22.7 Å². The Balaban J connectivity index is 1.55. The van der Waals surface area contributed by atoms with Crippen molar-refractivity contribution >= 4 is 68.7 Å². The minimum atomic E-state index is -0.00353. The molecule has 8 rings (SSSR count). The smallest absolute Gasteiger partial charge is 0.0695 e. The van der Waals surface area contributed by atoms with Crippen LogP contribution in [0.5, 0.6) is 0 Å². The van der Waals surface area contributed by atoms with Crippen LogP contribution in [0, 0.1) is 0 Å². The Morgan fingerprint density at radius 1 is 0.690 bits per heavy atom. The van der Waals surface area contributed by atoms with Gasteiger partial charge in [-0.25, -0.2) is 0 Å². The molecule has 0 fully saturated rings. The van der Waals surface area contributed by atoms with Crippen molar-refractivity contribution < 1.29 is 0 Å². The molecule has 0 amide bonds. The zero-order chi connectivity index (χ0) is 28.2. The van der Waals surface area contributed by atoms with Gasteiger partial charge in [-0.3, -0.25) is 0 Å². The zero-order valence-electron chi connectivity index (χ0n) is 22.9. The predicted molar refractivity (Wildman–Crippen MR) is 185 cm³/mol. The molecule has 3 heterocycles. The molecule has 0 saturated heterocycles. The number of rotatable bonds is 4. The monoisotopic (exact) mass is 576 g/mol. The second-order valence-corrected chi connectivity index (χ2v) is 12.8. The molecule has 0 radical (unpaired) electrons. The molecular formula is C38H28N2S2. The number of hydrogen-bond acceptors (Lipinski definition) is 4. The number of nitrogen functional groups attached to an aromatic ring is 1. The van der Waals surface area contributed by atoms with Crippen molar-refractivity contribution in [1.82, 2.24) is 5.32 Å².